The lowest BCUT2D eigenvalue weighted by molar-refractivity contribution is -0.385. The van der Waals surface area contributed by atoms with Crippen LogP contribution in [0.2, 0.25) is 0 Å². The Kier molecular flexibility index (Phi) is 6.93. The average molecular weight is 444 g/mol. The van der Waals surface area contributed by atoms with E-state index in [4.69, 9.17) is 9.26 Å². The van der Waals surface area contributed by atoms with Gasteiger partial charge < -0.3 is 14.6 Å². The summed E-state index contributed by atoms with van der Waals surface area (Å²) in [7, 11) is -3.61. The van der Waals surface area contributed by atoms with Gasteiger partial charge >= 0.3 is 6.09 Å². The summed E-state index contributed by atoms with van der Waals surface area (Å²) in [5.41, 5.74) is 0.966. The molecule has 1 saturated carbocycles. The Labute approximate surface area is 180 Å². The summed E-state index contributed by atoms with van der Waals surface area (Å²) in [5, 5.41) is 13.0. The minimum Gasteiger partial charge on any atom is -0.445 e. The molecule has 8 nitrogen and oxygen atoms in total. The Hall–Kier alpha value is -2.96. The lowest BCUT2D eigenvalue weighted by Crippen LogP contribution is -2.39. The Morgan fingerprint density at radius 3 is 2.58 bits per heavy atom. The van der Waals surface area contributed by atoms with Gasteiger partial charge in [-0.15, -0.1) is 6.58 Å². The molecule has 164 valence electrons. The molecule has 31 heavy (non-hydrogen) atoms. The van der Waals surface area contributed by atoms with Gasteiger partial charge in [0.05, 0.1) is 17.7 Å². The SMILES string of the molecule is C=CC1CC1(NC(=O)OCc1ccccc1)P(=O)(Cc1ccccc1[N+](=O)[O-])OCC. The van der Waals surface area contributed by atoms with E-state index in [-0.39, 0.29) is 36.5 Å². The second-order valence-corrected chi connectivity index (χ2v) is 10.0. The number of nitro groups is 1. The number of benzene rings is 2. The number of carbonyl (C=O) groups excluding carboxylic acids is 1. The van der Waals surface area contributed by atoms with Gasteiger partial charge in [0.15, 0.2) is 0 Å². The maximum Gasteiger partial charge on any atom is 0.408 e. The van der Waals surface area contributed by atoms with Crippen LogP contribution in [0.1, 0.15) is 24.5 Å². The average Bonchev–Trinajstić information content (AvgIpc) is 3.48. The molecule has 3 unspecified atom stereocenters. The van der Waals surface area contributed by atoms with Crippen LogP contribution in [0.5, 0.6) is 0 Å². The van der Waals surface area contributed by atoms with E-state index in [1.807, 2.05) is 30.3 Å². The molecule has 0 saturated heterocycles. The summed E-state index contributed by atoms with van der Waals surface area (Å²) in [6.07, 6.45) is 1.06. The molecule has 0 bridgehead atoms. The van der Waals surface area contributed by atoms with Crippen molar-refractivity contribution >= 4 is 19.1 Å². The number of hydrogen-bond acceptors (Lipinski definition) is 6. The van der Waals surface area contributed by atoms with E-state index in [1.165, 1.54) is 6.07 Å². The number of amides is 1. The van der Waals surface area contributed by atoms with E-state index in [0.717, 1.165) is 5.56 Å². The molecule has 0 heterocycles. The Balaban J connectivity index is 1.84. The van der Waals surface area contributed by atoms with Gasteiger partial charge in [0, 0.05) is 17.5 Å². The van der Waals surface area contributed by atoms with Crippen molar-refractivity contribution in [2.75, 3.05) is 6.61 Å². The Morgan fingerprint density at radius 1 is 1.29 bits per heavy atom. The van der Waals surface area contributed by atoms with Crippen LogP contribution in [-0.2, 0) is 26.6 Å². The molecule has 0 aromatic heterocycles. The van der Waals surface area contributed by atoms with E-state index < -0.39 is 23.7 Å². The molecule has 9 heteroatoms. The van der Waals surface area contributed by atoms with Crippen LogP contribution in [0.4, 0.5) is 10.5 Å². The first-order chi connectivity index (χ1) is 14.8. The fourth-order valence-electron chi connectivity index (χ4n) is 3.67. The van der Waals surface area contributed by atoms with Crippen molar-refractivity contribution < 1.29 is 23.5 Å². The second kappa shape index (κ2) is 9.45. The quantitative estimate of drug-likeness (QED) is 0.232. The predicted molar refractivity (Wildman–Crippen MR) is 117 cm³/mol. The lowest BCUT2D eigenvalue weighted by Gasteiger charge is -2.29. The second-order valence-electron chi connectivity index (χ2n) is 7.29. The molecule has 1 aliphatic rings. The number of ether oxygens (including phenoxy) is 1. The van der Waals surface area contributed by atoms with E-state index >= 15 is 0 Å². The van der Waals surface area contributed by atoms with E-state index in [9.17, 15) is 19.5 Å². The molecule has 3 atom stereocenters. The van der Waals surface area contributed by atoms with Gasteiger partial charge in [0.2, 0.25) is 7.37 Å². The third-order valence-corrected chi connectivity index (χ3v) is 8.59. The first-order valence-electron chi connectivity index (χ1n) is 9.92. The van der Waals surface area contributed by atoms with Gasteiger partial charge in [-0.05, 0) is 18.9 Å². The number of carbonyl (C=O) groups is 1. The van der Waals surface area contributed by atoms with Crippen molar-refractivity contribution in [1.29, 1.82) is 0 Å². The maximum atomic E-state index is 14.1. The molecular weight excluding hydrogens is 419 g/mol. The zero-order valence-electron chi connectivity index (χ0n) is 17.2. The van der Waals surface area contributed by atoms with Crippen LogP contribution in [0, 0.1) is 16.0 Å². The molecule has 1 amide bonds. The van der Waals surface area contributed by atoms with Crippen molar-refractivity contribution in [3.63, 3.8) is 0 Å². The number of alkyl carbamates (subject to hydrolysis) is 1. The zero-order chi connectivity index (χ0) is 22.5. The lowest BCUT2D eigenvalue weighted by atomic mass is 10.2. The molecule has 1 fully saturated rings. The maximum absolute atomic E-state index is 14.1. The number of rotatable bonds is 10. The Bertz CT molecular complexity index is 1010. The Morgan fingerprint density at radius 2 is 1.97 bits per heavy atom. The third kappa shape index (κ3) is 4.86. The largest absolute Gasteiger partial charge is 0.445 e. The monoisotopic (exact) mass is 444 g/mol. The normalized spacial score (nSPS) is 21.5. The number of hydrogen-bond donors (Lipinski definition) is 1. The summed E-state index contributed by atoms with van der Waals surface area (Å²) in [5.74, 6) is -0.295. The van der Waals surface area contributed by atoms with Crippen molar-refractivity contribution in [2.24, 2.45) is 5.92 Å². The summed E-state index contributed by atoms with van der Waals surface area (Å²) in [4.78, 5) is 23.5. The van der Waals surface area contributed by atoms with Crippen LogP contribution in [-0.4, -0.2) is 22.9 Å². The molecule has 1 aliphatic carbocycles. The molecule has 0 aliphatic heterocycles. The van der Waals surface area contributed by atoms with Crippen LogP contribution >= 0.6 is 7.37 Å². The minimum atomic E-state index is -3.61. The first kappa shape index (κ1) is 22.7. The predicted octanol–water partition coefficient (Wildman–Crippen LogP) is 5.24. The third-order valence-electron chi connectivity index (χ3n) is 5.31. The van der Waals surface area contributed by atoms with E-state index in [2.05, 4.69) is 11.9 Å². The van der Waals surface area contributed by atoms with Crippen molar-refractivity contribution in [1.82, 2.24) is 5.32 Å². The standard InChI is InChI=1S/C22H25N2O6P/c1-3-19-14-22(19,23-21(25)29-15-17-10-6-5-7-11-17)31(28,30-4-2)16-18-12-8-9-13-20(18)24(26)27/h3,5-13,19H,1,4,14-16H2,2H3,(H,23,25). The molecule has 0 spiro atoms. The smallest absolute Gasteiger partial charge is 0.408 e. The number of para-hydroxylation sites is 1. The molecule has 2 aromatic rings. The van der Waals surface area contributed by atoms with Crippen LogP contribution in [0.25, 0.3) is 0 Å². The summed E-state index contributed by atoms with van der Waals surface area (Å²) >= 11 is 0. The number of nitrogens with zero attached hydrogens (tertiary/aromatic N) is 1. The highest BCUT2D eigenvalue weighted by atomic mass is 31.2. The number of nitro benzene ring substituents is 1. The van der Waals surface area contributed by atoms with Gasteiger partial charge in [0.1, 0.15) is 11.9 Å². The molecule has 2 aromatic carbocycles. The zero-order valence-corrected chi connectivity index (χ0v) is 18.1. The fraction of sp³-hybridized carbons (Fsp3) is 0.318. The summed E-state index contributed by atoms with van der Waals surface area (Å²) in [6, 6.07) is 15.3. The highest BCUT2D eigenvalue weighted by molar-refractivity contribution is 7.60. The minimum absolute atomic E-state index is 0.0601. The van der Waals surface area contributed by atoms with Crippen molar-refractivity contribution in [3.05, 3.63) is 88.5 Å². The topological polar surface area (TPSA) is 108 Å². The van der Waals surface area contributed by atoms with Crippen molar-refractivity contribution in [2.45, 2.75) is 31.4 Å². The molecular formula is C22H25N2O6P. The first-order valence-corrected chi connectivity index (χ1v) is 11.7. The van der Waals surface area contributed by atoms with Crippen molar-refractivity contribution in [3.8, 4) is 0 Å². The molecule has 0 radical (unpaired) electrons. The fourth-order valence-corrected chi connectivity index (χ4v) is 6.75. The van der Waals surface area contributed by atoms with Gasteiger partial charge in [0.25, 0.3) is 5.69 Å². The van der Waals surface area contributed by atoms with E-state index in [1.54, 1.807) is 31.2 Å². The van der Waals surface area contributed by atoms with Crippen LogP contribution in [0.3, 0.4) is 0 Å². The molecule has 3 rings (SSSR count). The highest BCUT2D eigenvalue weighted by Crippen LogP contribution is 2.73. The number of nitrogens with one attached hydrogen (secondary N) is 1. The van der Waals surface area contributed by atoms with Gasteiger partial charge in [-0.25, -0.2) is 4.79 Å². The summed E-state index contributed by atoms with van der Waals surface area (Å²) in [6.45, 7) is 5.65. The summed E-state index contributed by atoms with van der Waals surface area (Å²) < 4.78 is 25.1. The van der Waals surface area contributed by atoms with Gasteiger partial charge in [-0.1, -0.05) is 54.6 Å². The molecule has 1 N–H and O–H groups in total. The van der Waals surface area contributed by atoms with Crippen LogP contribution < -0.4 is 5.32 Å². The van der Waals surface area contributed by atoms with Crippen LogP contribution in [0.15, 0.2) is 67.3 Å². The van der Waals surface area contributed by atoms with Gasteiger partial charge in [-0.2, -0.15) is 0 Å². The van der Waals surface area contributed by atoms with E-state index in [0.29, 0.717) is 6.42 Å². The highest BCUT2D eigenvalue weighted by Gasteiger charge is 2.66. The van der Waals surface area contributed by atoms with Gasteiger partial charge in [-0.3, -0.25) is 14.7 Å².